The molecule has 0 heterocycles. The van der Waals surface area contributed by atoms with Gasteiger partial charge >= 0.3 is 11.9 Å². The third-order valence-corrected chi connectivity index (χ3v) is 7.98. The summed E-state index contributed by atoms with van der Waals surface area (Å²) in [5.74, 6) is -1.32. The number of methoxy groups -OCH3 is 1. The second-order valence-corrected chi connectivity index (χ2v) is 10.4. The summed E-state index contributed by atoms with van der Waals surface area (Å²) >= 11 is 0. The van der Waals surface area contributed by atoms with Crippen molar-refractivity contribution in [3.05, 3.63) is 53.1 Å². The molecule has 35 heavy (non-hydrogen) atoms. The quantitative estimate of drug-likeness (QED) is 0.353. The summed E-state index contributed by atoms with van der Waals surface area (Å²) in [4.78, 5) is 25.9. The molecule has 192 valence electrons. The number of hydrogen-bond acceptors (Lipinski definition) is 7. The van der Waals surface area contributed by atoms with Gasteiger partial charge in [-0.1, -0.05) is 38.5 Å². The smallest absolute Gasteiger partial charge is 0.338 e. The highest BCUT2D eigenvalue weighted by Gasteiger charge is 2.68. The summed E-state index contributed by atoms with van der Waals surface area (Å²) in [6.07, 6.45) is 1.36. The van der Waals surface area contributed by atoms with E-state index >= 15 is 0 Å². The van der Waals surface area contributed by atoms with Crippen molar-refractivity contribution in [2.45, 2.75) is 78.3 Å². The number of allylic oxidation sites excluding steroid dienone is 1. The first-order valence-corrected chi connectivity index (χ1v) is 12.1. The van der Waals surface area contributed by atoms with Crippen LogP contribution in [-0.4, -0.2) is 53.2 Å². The van der Waals surface area contributed by atoms with Gasteiger partial charge in [0.2, 0.25) is 0 Å². The van der Waals surface area contributed by atoms with Crippen LogP contribution in [0.1, 0.15) is 64.7 Å². The van der Waals surface area contributed by atoms with E-state index in [0.29, 0.717) is 23.3 Å². The Balaban J connectivity index is 2.04. The number of benzene rings is 1. The summed E-state index contributed by atoms with van der Waals surface area (Å²) < 4.78 is 17.1. The van der Waals surface area contributed by atoms with Crippen molar-refractivity contribution < 1.29 is 34.0 Å². The maximum Gasteiger partial charge on any atom is 0.338 e. The highest BCUT2D eigenvalue weighted by Crippen LogP contribution is 2.59. The molecule has 1 aromatic carbocycles. The third kappa shape index (κ3) is 4.89. The van der Waals surface area contributed by atoms with Crippen molar-refractivity contribution in [3.8, 4) is 5.75 Å². The second-order valence-electron chi connectivity index (χ2n) is 10.4. The second kappa shape index (κ2) is 10.2. The molecule has 2 aliphatic carbocycles. The number of esters is 2. The average molecular weight is 487 g/mol. The van der Waals surface area contributed by atoms with Crippen LogP contribution in [-0.2, 0) is 14.3 Å². The number of hydrogen-bond donors (Lipinski definition) is 2. The van der Waals surface area contributed by atoms with Crippen LogP contribution in [0.3, 0.4) is 0 Å². The van der Waals surface area contributed by atoms with E-state index < -0.39 is 47.2 Å². The zero-order valence-corrected chi connectivity index (χ0v) is 21.7. The Morgan fingerprint density at radius 3 is 2.34 bits per heavy atom. The number of aliphatic hydroxyl groups is 2. The van der Waals surface area contributed by atoms with E-state index in [4.69, 9.17) is 14.2 Å². The van der Waals surface area contributed by atoms with E-state index in [2.05, 4.69) is 0 Å². The fourth-order valence-corrected chi connectivity index (χ4v) is 5.58. The Bertz CT molecular complexity index is 1010. The minimum absolute atomic E-state index is 0.134. The highest BCUT2D eigenvalue weighted by molar-refractivity contribution is 5.89. The van der Waals surface area contributed by atoms with Gasteiger partial charge in [0.1, 0.15) is 18.0 Å². The predicted octanol–water partition coefficient (Wildman–Crippen LogP) is 4.22. The average Bonchev–Trinajstić information content (AvgIpc) is 3.00. The summed E-state index contributed by atoms with van der Waals surface area (Å²) in [6, 6.07) is 6.62. The lowest BCUT2D eigenvalue weighted by atomic mass is 9.66. The summed E-state index contributed by atoms with van der Waals surface area (Å²) in [6.45, 7) is 10.9. The molecule has 0 unspecified atom stereocenters. The van der Waals surface area contributed by atoms with Crippen LogP contribution in [0.2, 0.25) is 0 Å². The topological polar surface area (TPSA) is 102 Å². The van der Waals surface area contributed by atoms with E-state index in [-0.39, 0.29) is 12.3 Å². The minimum Gasteiger partial charge on any atom is -0.497 e. The van der Waals surface area contributed by atoms with Gasteiger partial charge in [0, 0.05) is 29.7 Å². The van der Waals surface area contributed by atoms with Gasteiger partial charge in [0.05, 0.1) is 24.4 Å². The fourth-order valence-electron chi connectivity index (χ4n) is 5.58. The molecule has 3 rings (SSSR count). The van der Waals surface area contributed by atoms with Crippen LogP contribution < -0.4 is 4.74 Å². The van der Waals surface area contributed by atoms with E-state index in [1.54, 1.807) is 57.4 Å². The molecule has 0 spiro atoms. The zero-order valence-electron chi connectivity index (χ0n) is 21.7. The lowest BCUT2D eigenvalue weighted by Crippen LogP contribution is -2.54. The molecule has 1 aromatic rings. The number of carbonyl (C=O) groups excluding carboxylic acids is 2. The maximum atomic E-state index is 13.2. The van der Waals surface area contributed by atoms with Gasteiger partial charge < -0.3 is 24.4 Å². The first kappa shape index (κ1) is 27.0. The molecular formula is C28H38O7. The van der Waals surface area contributed by atoms with Crippen LogP contribution in [0.5, 0.6) is 5.75 Å². The molecule has 0 aromatic heterocycles. The van der Waals surface area contributed by atoms with Crippen LogP contribution in [0.15, 0.2) is 47.6 Å². The fraction of sp³-hybridized carbons (Fsp3) is 0.571. The van der Waals surface area contributed by atoms with Gasteiger partial charge in [-0.3, -0.25) is 0 Å². The first-order chi connectivity index (χ1) is 16.4. The molecule has 2 N–H and O–H groups in total. The Labute approximate surface area is 207 Å². The summed E-state index contributed by atoms with van der Waals surface area (Å²) in [7, 11) is 1.55. The van der Waals surface area contributed by atoms with Gasteiger partial charge in [-0.15, -0.1) is 0 Å². The van der Waals surface area contributed by atoms with Crippen molar-refractivity contribution in [2.24, 2.45) is 17.3 Å². The standard InChI is InChI=1S/C28H38O7/c1-8-18(5)25(30)35-23-15-28(32,16(2)3)24-21(13-17(4)14-22(29)27(23,24)6)34-26(31)19-9-11-20(33-7)12-10-19/h8-12,14,16,21-24,29,32H,13,15H2,1-7H3/b18-8-/t21-,22+,23+,24+,27-,28+/m0/s1. The maximum absolute atomic E-state index is 13.2. The normalized spacial score (nSPS) is 33.0. The number of aliphatic hydroxyl groups excluding tert-OH is 1. The molecule has 0 bridgehead atoms. The molecule has 0 saturated heterocycles. The SMILES string of the molecule is C/C=C(/C)C(=O)O[C@@H]1C[C@@](O)(C(C)C)[C@@H]2[C@@H](OC(=O)c3ccc(OC)cc3)CC(C)=C[C@@H](O)[C@]21C. The lowest BCUT2D eigenvalue weighted by Gasteiger charge is -2.45. The number of rotatable bonds is 6. The van der Waals surface area contributed by atoms with Crippen molar-refractivity contribution in [3.63, 3.8) is 0 Å². The van der Waals surface area contributed by atoms with Crippen LogP contribution in [0, 0.1) is 17.3 Å². The summed E-state index contributed by atoms with van der Waals surface area (Å²) in [5, 5.41) is 23.4. The molecule has 7 heteroatoms. The number of carbonyl (C=O) groups is 2. The largest absolute Gasteiger partial charge is 0.497 e. The van der Waals surface area contributed by atoms with Crippen molar-refractivity contribution >= 4 is 11.9 Å². The Morgan fingerprint density at radius 2 is 1.80 bits per heavy atom. The van der Waals surface area contributed by atoms with Crippen LogP contribution in [0.4, 0.5) is 0 Å². The minimum atomic E-state index is -1.34. The van der Waals surface area contributed by atoms with Gasteiger partial charge in [-0.2, -0.15) is 0 Å². The van der Waals surface area contributed by atoms with E-state index in [9.17, 15) is 19.8 Å². The van der Waals surface area contributed by atoms with Crippen LogP contribution >= 0.6 is 0 Å². The Hall–Kier alpha value is -2.64. The van der Waals surface area contributed by atoms with Crippen molar-refractivity contribution in [1.29, 1.82) is 0 Å². The van der Waals surface area contributed by atoms with E-state index in [1.807, 2.05) is 27.7 Å². The molecular weight excluding hydrogens is 448 g/mol. The Morgan fingerprint density at radius 1 is 1.17 bits per heavy atom. The van der Waals surface area contributed by atoms with Crippen molar-refractivity contribution in [2.75, 3.05) is 7.11 Å². The molecule has 0 amide bonds. The van der Waals surface area contributed by atoms with E-state index in [1.165, 1.54) is 0 Å². The van der Waals surface area contributed by atoms with Crippen LogP contribution in [0.25, 0.3) is 0 Å². The highest BCUT2D eigenvalue weighted by atomic mass is 16.6. The molecule has 1 saturated carbocycles. The number of ether oxygens (including phenoxy) is 3. The Kier molecular flexibility index (Phi) is 7.82. The third-order valence-electron chi connectivity index (χ3n) is 7.98. The van der Waals surface area contributed by atoms with E-state index in [0.717, 1.165) is 5.57 Å². The number of fused-ring (bicyclic) bond motifs is 1. The summed E-state index contributed by atoms with van der Waals surface area (Å²) in [5.41, 5.74) is -0.778. The molecule has 6 atom stereocenters. The monoisotopic (exact) mass is 486 g/mol. The van der Waals surface area contributed by atoms with Gasteiger partial charge in [0.15, 0.2) is 0 Å². The molecule has 1 fully saturated rings. The molecule has 7 nitrogen and oxygen atoms in total. The zero-order chi connectivity index (χ0) is 26.1. The predicted molar refractivity (Wildman–Crippen MR) is 132 cm³/mol. The van der Waals surface area contributed by atoms with Gasteiger partial charge in [-0.25, -0.2) is 9.59 Å². The van der Waals surface area contributed by atoms with Gasteiger partial charge in [0.25, 0.3) is 0 Å². The van der Waals surface area contributed by atoms with Gasteiger partial charge in [-0.05, 0) is 51.0 Å². The molecule has 0 radical (unpaired) electrons. The lowest BCUT2D eigenvalue weighted by molar-refractivity contribution is -0.159. The molecule has 0 aliphatic heterocycles. The first-order valence-electron chi connectivity index (χ1n) is 12.1. The van der Waals surface area contributed by atoms with Crippen molar-refractivity contribution in [1.82, 2.24) is 0 Å². The molecule has 2 aliphatic rings.